The summed E-state index contributed by atoms with van der Waals surface area (Å²) in [6, 6.07) is 10.8. The van der Waals surface area contributed by atoms with Crippen LogP contribution < -0.4 is 15.0 Å². The molecule has 6 nitrogen and oxygen atoms in total. The summed E-state index contributed by atoms with van der Waals surface area (Å²) in [6.07, 6.45) is 3.32. The maximum atomic E-state index is 12.6. The van der Waals surface area contributed by atoms with Crippen molar-refractivity contribution in [3.8, 4) is 5.75 Å². The van der Waals surface area contributed by atoms with E-state index in [0.717, 1.165) is 11.2 Å². The van der Waals surface area contributed by atoms with Crippen LogP contribution in [0.1, 0.15) is 10.4 Å². The quantitative estimate of drug-likeness (QED) is 0.800. The van der Waals surface area contributed by atoms with Crippen LogP contribution >= 0.6 is 0 Å². The second kappa shape index (κ2) is 6.54. The fourth-order valence-electron chi connectivity index (χ4n) is 2.42. The van der Waals surface area contributed by atoms with Crippen LogP contribution in [0.15, 0.2) is 48.8 Å². The fraction of sp³-hybridized carbons (Fsp3) is 0.167. The van der Waals surface area contributed by atoms with Crippen LogP contribution in [-0.4, -0.2) is 37.1 Å². The smallest absolute Gasteiger partial charge is 0.255 e. The van der Waals surface area contributed by atoms with E-state index in [2.05, 4.69) is 15.3 Å². The molecule has 0 fully saturated rings. The Kier molecular flexibility index (Phi) is 4.29. The summed E-state index contributed by atoms with van der Waals surface area (Å²) in [5.74, 6) is 1.20. The maximum absolute atomic E-state index is 12.6. The minimum absolute atomic E-state index is 0.198. The molecule has 24 heavy (non-hydrogen) atoms. The number of pyridine rings is 2. The monoisotopic (exact) mass is 322 g/mol. The number of aromatic nitrogens is 2. The van der Waals surface area contributed by atoms with Crippen LogP contribution in [0.4, 0.5) is 11.5 Å². The average molecular weight is 322 g/mol. The van der Waals surface area contributed by atoms with E-state index < -0.39 is 0 Å². The molecular weight excluding hydrogens is 304 g/mol. The first-order valence-electron chi connectivity index (χ1n) is 7.46. The minimum Gasteiger partial charge on any atom is -0.494 e. The highest BCUT2D eigenvalue weighted by atomic mass is 16.5. The normalized spacial score (nSPS) is 10.5. The van der Waals surface area contributed by atoms with E-state index in [9.17, 15) is 4.79 Å². The Morgan fingerprint density at radius 1 is 1.12 bits per heavy atom. The number of ether oxygens (including phenoxy) is 1. The first-order chi connectivity index (χ1) is 11.6. The number of anilines is 2. The molecule has 3 rings (SSSR count). The van der Waals surface area contributed by atoms with E-state index in [0.29, 0.717) is 22.5 Å². The number of methoxy groups -OCH3 is 1. The minimum atomic E-state index is -0.198. The van der Waals surface area contributed by atoms with Crippen molar-refractivity contribution in [2.24, 2.45) is 0 Å². The lowest BCUT2D eigenvalue weighted by Crippen LogP contribution is -2.15. The van der Waals surface area contributed by atoms with Crippen molar-refractivity contribution in [2.75, 3.05) is 31.4 Å². The van der Waals surface area contributed by atoms with Crippen LogP contribution in [0, 0.1) is 0 Å². The predicted molar refractivity (Wildman–Crippen MR) is 94.8 cm³/mol. The Labute approximate surface area is 140 Å². The van der Waals surface area contributed by atoms with Gasteiger partial charge >= 0.3 is 0 Å². The van der Waals surface area contributed by atoms with Crippen molar-refractivity contribution in [2.45, 2.75) is 0 Å². The number of carbonyl (C=O) groups excluding carboxylic acids is 1. The third-order valence-corrected chi connectivity index (χ3v) is 3.67. The average Bonchev–Trinajstić information content (AvgIpc) is 2.62. The van der Waals surface area contributed by atoms with E-state index in [1.54, 1.807) is 37.7 Å². The lowest BCUT2D eigenvalue weighted by Gasteiger charge is -2.13. The van der Waals surface area contributed by atoms with Crippen LogP contribution in [0.5, 0.6) is 5.75 Å². The van der Waals surface area contributed by atoms with Gasteiger partial charge in [-0.15, -0.1) is 0 Å². The molecule has 1 N–H and O–H groups in total. The number of amides is 1. The van der Waals surface area contributed by atoms with Crippen LogP contribution in [0.3, 0.4) is 0 Å². The highest BCUT2D eigenvalue weighted by Gasteiger charge is 2.12. The first kappa shape index (κ1) is 15.7. The topological polar surface area (TPSA) is 67.3 Å². The number of nitrogens with zero attached hydrogens (tertiary/aromatic N) is 3. The van der Waals surface area contributed by atoms with E-state index >= 15 is 0 Å². The molecule has 0 atom stereocenters. The second-order valence-corrected chi connectivity index (χ2v) is 5.47. The third kappa shape index (κ3) is 2.99. The summed E-state index contributed by atoms with van der Waals surface area (Å²) < 4.78 is 5.33. The number of rotatable bonds is 4. The summed E-state index contributed by atoms with van der Waals surface area (Å²) in [7, 11) is 5.36. The van der Waals surface area contributed by atoms with Crippen LogP contribution in [-0.2, 0) is 0 Å². The van der Waals surface area contributed by atoms with E-state index in [1.165, 1.54) is 0 Å². The zero-order chi connectivity index (χ0) is 17.1. The molecule has 0 saturated carbocycles. The molecule has 2 aromatic heterocycles. The Morgan fingerprint density at radius 2 is 1.96 bits per heavy atom. The number of carbonyl (C=O) groups is 1. The number of fused-ring (bicyclic) bond motifs is 1. The van der Waals surface area contributed by atoms with Gasteiger partial charge in [0.15, 0.2) is 0 Å². The summed E-state index contributed by atoms with van der Waals surface area (Å²) in [6.45, 7) is 0. The zero-order valence-electron chi connectivity index (χ0n) is 13.8. The van der Waals surface area contributed by atoms with Crippen molar-refractivity contribution in [1.82, 2.24) is 9.97 Å². The number of hydrogen-bond acceptors (Lipinski definition) is 5. The molecule has 0 bridgehead atoms. The van der Waals surface area contributed by atoms with Gasteiger partial charge in [0, 0.05) is 37.4 Å². The molecule has 0 unspecified atom stereocenters. The van der Waals surface area contributed by atoms with E-state index in [-0.39, 0.29) is 5.91 Å². The molecule has 0 spiro atoms. The molecule has 1 aromatic carbocycles. The van der Waals surface area contributed by atoms with Crippen LogP contribution in [0.2, 0.25) is 0 Å². The van der Waals surface area contributed by atoms with Gasteiger partial charge in [0.05, 0.1) is 12.8 Å². The van der Waals surface area contributed by atoms with Gasteiger partial charge in [0.25, 0.3) is 5.91 Å². The zero-order valence-corrected chi connectivity index (χ0v) is 13.8. The molecule has 6 heteroatoms. The summed E-state index contributed by atoms with van der Waals surface area (Å²) in [5, 5.41) is 3.76. The lowest BCUT2D eigenvalue weighted by molar-refractivity contribution is 0.102. The third-order valence-electron chi connectivity index (χ3n) is 3.67. The molecule has 0 aliphatic carbocycles. The number of nitrogens with one attached hydrogen (secondary N) is 1. The standard InChI is InChI=1S/C18H18N4O2/c1-22(2)16-11-12(8-10-19-16)18(23)21-14-6-7-15(24-3)17-13(14)5-4-9-20-17/h4-11H,1-3H3,(H,21,23). The van der Waals surface area contributed by atoms with Crippen molar-refractivity contribution in [3.05, 3.63) is 54.4 Å². The number of hydrogen-bond donors (Lipinski definition) is 1. The molecular formula is C18H18N4O2. The molecule has 2 heterocycles. The summed E-state index contributed by atoms with van der Waals surface area (Å²) in [5.41, 5.74) is 1.94. The molecule has 0 radical (unpaired) electrons. The van der Waals surface area contributed by atoms with Crippen molar-refractivity contribution >= 4 is 28.3 Å². The molecule has 0 saturated heterocycles. The molecule has 1 amide bonds. The predicted octanol–water partition coefficient (Wildman–Crippen LogP) is 2.96. The van der Waals surface area contributed by atoms with E-state index in [1.807, 2.05) is 37.2 Å². The first-order valence-corrected chi connectivity index (χ1v) is 7.46. The van der Waals surface area contributed by atoms with Gasteiger partial charge in [0.1, 0.15) is 17.1 Å². The maximum Gasteiger partial charge on any atom is 0.255 e. The van der Waals surface area contributed by atoms with E-state index in [4.69, 9.17) is 4.74 Å². The summed E-state index contributed by atoms with van der Waals surface area (Å²) in [4.78, 5) is 23.0. The second-order valence-electron chi connectivity index (χ2n) is 5.47. The van der Waals surface area contributed by atoms with Gasteiger partial charge in [-0.05, 0) is 36.4 Å². The molecule has 122 valence electrons. The Hall–Kier alpha value is -3.15. The SMILES string of the molecule is COc1ccc(NC(=O)c2ccnc(N(C)C)c2)c2cccnc12. The van der Waals surface area contributed by atoms with Gasteiger partial charge in [-0.25, -0.2) is 4.98 Å². The van der Waals surface area contributed by atoms with Gasteiger partial charge in [-0.1, -0.05) is 0 Å². The Bertz CT molecular complexity index is 893. The molecule has 3 aromatic rings. The highest BCUT2D eigenvalue weighted by Crippen LogP contribution is 2.30. The van der Waals surface area contributed by atoms with Gasteiger partial charge < -0.3 is 15.0 Å². The highest BCUT2D eigenvalue weighted by molar-refractivity contribution is 6.09. The van der Waals surface area contributed by atoms with Crippen LogP contribution in [0.25, 0.3) is 10.9 Å². The molecule has 0 aliphatic heterocycles. The van der Waals surface area contributed by atoms with Crippen molar-refractivity contribution < 1.29 is 9.53 Å². The largest absolute Gasteiger partial charge is 0.494 e. The molecule has 0 aliphatic rings. The number of benzene rings is 1. The van der Waals surface area contributed by atoms with Gasteiger partial charge in [0.2, 0.25) is 0 Å². The van der Waals surface area contributed by atoms with Gasteiger partial charge in [-0.2, -0.15) is 0 Å². The Balaban J connectivity index is 1.95. The van der Waals surface area contributed by atoms with Crippen molar-refractivity contribution in [1.29, 1.82) is 0 Å². The van der Waals surface area contributed by atoms with Crippen molar-refractivity contribution in [3.63, 3.8) is 0 Å². The lowest BCUT2D eigenvalue weighted by atomic mass is 10.1. The fourth-order valence-corrected chi connectivity index (χ4v) is 2.42. The Morgan fingerprint density at radius 3 is 2.71 bits per heavy atom. The van der Waals surface area contributed by atoms with Gasteiger partial charge in [-0.3, -0.25) is 9.78 Å². The summed E-state index contributed by atoms with van der Waals surface area (Å²) >= 11 is 0.